The largest absolute Gasteiger partial charge is 0.471 e. The lowest BCUT2D eigenvalue weighted by atomic mass is 9.84. The zero-order valence-electron chi connectivity index (χ0n) is 9.81. The van der Waals surface area contributed by atoms with E-state index in [4.69, 9.17) is 0 Å². The van der Waals surface area contributed by atoms with Gasteiger partial charge in [0.1, 0.15) is 0 Å². The molecule has 8 heteroatoms. The normalized spacial score (nSPS) is 23.3. The number of alkyl halides is 3. The molecule has 1 aliphatic carbocycles. The number of nitro groups is 1. The van der Waals surface area contributed by atoms with Gasteiger partial charge in [-0.3, -0.25) is 14.9 Å². The van der Waals surface area contributed by atoms with Gasteiger partial charge in [-0.15, -0.1) is 0 Å². The molecule has 2 rings (SSSR count). The molecule has 0 saturated carbocycles. The molecular formula is C11H11F3N2O3. The Morgan fingerprint density at radius 1 is 1.47 bits per heavy atom. The van der Waals surface area contributed by atoms with Crippen LogP contribution in [0.4, 0.5) is 13.2 Å². The van der Waals surface area contributed by atoms with E-state index in [0.717, 1.165) is 0 Å². The molecule has 1 atom stereocenters. The van der Waals surface area contributed by atoms with Gasteiger partial charge in [0.25, 0.3) is 5.70 Å². The fraction of sp³-hybridized carbons (Fsp3) is 0.545. The van der Waals surface area contributed by atoms with Crippen LogP contribution >= 0.6 is 0 Å². The van der Waals surface area contributed by atoms with E-state index in [1.54, 1.807) is 0 Å². The van der Waals surface area contributed by atoms with E-state index in [-0.39, 0.29) is 24.7 Å². The first kappa shape index (κ1) is 13.6. The number of carbonyl (C=O) groups is 1. The van der Waals surface area contributed by atoms with Gasteiger partial charge in [-0.2, -0.15) is 13.2 Å². The molecule has 0 bridgehead atoms. The highest BCUT2D eigenvalue weighted by Gasteiger charge is 2.44. The molecule has 0 N–H and O–H groups in total. The van der Waals surface area contributed by atoms with Crippen molar-refractivity contribution in [3.63, 3.8) is 0 Å². The number of rotatable bonds is 1. The quantitative estimate of drug-likeness (QED) is 0.542. The molecule has 1 unspecified atom stereocenters. The third kappa shape index (κ3) is 2.77. The van der Waals surface area contributed by atoms with E-state index in [0.29, 0.717) is 23.3 Å². The maximum atomic E-state index is 12.3. The third-order valence-electron chi connectivity index (χ3n) is 3.33. The maximum absolute atomic E-state index is 12.3. The van der Waals surface area contributed by atoms with Gasteiger partial charge in [0, 0.05) is 19.2 Å². The zero-order chi connectivity index (χ0) is 14.2. The molecule has 1 saturated heterocycles. The molecule has 0 aromatic rings. The molecule has 104 valence electrons. The van der Waals surface area contributed by atoms with Crippen molar-refractivity contribution in [1.29, 1.82) is 0 Å². The number of carbonyl (C=O) groups excluding carboxylic acids is 1. The van der Waals surface area contributed by atoms with Gasteiger partial charge in [0.15, 0.2) is 0 Å². The van der Waals surface area contributed by atoms with Crippen LogP contribution in [0.15, 0.2) is 23.4 Å². The standard InChI is InChI=1S/C11H11F3N2O3/c12-11(13,14)10(17)15-4-3-7-1-2-9(16(18)19)5-8(7)6-15/h2,5,7H,1,3-4,6H2. The van der Waals surface area contributed by atoms with E-state index in [2.05, 4.69) is 0 Å². The van der Waals surface area contributed by atoms with Crippen LogP contribution in [0.25, 0.3) is 0 Å². The van der Waals surface area contributed by atoms with Crippen molar-refractivity contribution in [2.24, 2.45) is 5.92 Å². The number of hydrogen-bond donors (Lipinski definition) is 0. The van der Waals surface area contributed by atoms with E-state index in [9.17, 15) is 28.1 Å². The summed E-state index contributed by atoms with van der Waals surface area (Å²) in [6, 6.07) is 0. The average Bonchev–Trinajstić information content (AvgIpc) is 2.35. The smallest absolute Gasteiger partial charge is 0.331 e. The van der Waals surface area contributed by atoms with Gasteiger partial charge in [-0.05, 0) is 30.4 Å². The molecule has 1 aliphatic heterocycles. The number of piperidine rings is 1. The van der Waals surface area contributed by atoms with E-state index >= 15 is 0 Å². The molecule has 5 nitrogen and oxygen atoms in total. The number of fused-ring (bicyclic) bond motifs is 1. The topological polar surface area (TPSA) is 63.5 Å². The monoisotopic (exact) mass is 276 g/mol. The van der Waals surface area contributed by atoms with Crippen molar-refractivity contribution in [1.82, 2.24) is 4.90 Å². The van der Waals surface area contributed by atoms with Gasteiger partial charge in [0.05, 0.1) is 4.92 Å². The Hall–Kier alpha value is -1.86. The molecule has 19 heavy (non-hydrogen) atoms. The van der Waals surface area contributed by atoms with Crippen LogP contribution in [-0.2, 0) is 4.79 Å². The van der Waals surface area contributed by atoms with Crippen molar-refractivity contribution in [3.8, 4) is 0 Å². The Balaban J connectivity index is 2.15. The second-order valence-corrected chi connectivity index (χ2v) is 4.55. The highest BCUT2D eigenvalue weighted by Crippen LogP contribution is 2.33. The minimum Gasteiger partial charge on any atom is -0.331 e. The highest BCUT2D eigenvalue weighted by molar-refractivity contribution is 5.82. The average molecular weight is 276 g/mol. The Bertz CT molecular complexity index is 482. The summed E-state index contributed by atoms with van der Waals surface area (Å²) in [6.45, 7) is -0.157. The first-order valence-electron chi connectivity index (χ1n) is 5.70. The van der Waals surface area contributed by atoms with Crippen LogP contribution in [-0.4, -0.2) is 35.0 Å². The second kappa shape index (κ2) is 4.67. The molecule has 0 radical (unpaired) electrons. The SMILES string of the molecule is O=C(N1CCC2CC=C([N+](=O)[O-])C=C2C1)C(F)(F)F. The summed E-state index contributed by atoms with van der Waals surface area (Å²) in [7, 11) is 0. The minimum absolute atomic E-state index is 0.000911. The number of allylic oxidation sites excluding steroid dienone is 2. The first-order chi connectivity index (χ1) is 8.79. The van der Waals surface area contributed by atoms with Gasteiger partial charge in [-0.1, -0.05) is 0 Å². The minimum atomic E-state index is -4.90. The van der Waals surface area contributed by atoms with Crippen molar-refractivity contribution >= 4 is 5.91 Å². The van der Waals surface area contributed by atoms with Crippen LogP contribution in [0.2, 0.25) is 0 Å². The van der Waals surface area contributed by atoms with E-state index in [1.165, 1.54) is 12.2 Å². The van der Waals surface area contributed by atoms with Crippen molar-refractivity contribution in [2.75, 3.05) is 13.1 Å². The summed E-state index contributed by atoms with van der Waals surface area (Å²) >= 11 is 0. The number of amides is 1. The lowest BCUT2D eigenvalue weighted by molar-refractivity contribution is -0.419. The molecule has 1 fully saturated rings. The lowest BCUT2D eigenvalue weighted by Gasteiger charge is -2.35. The molecule has 0 spiro atoms. The van der Waals surface area contributed by atoms with Crippen LogP contribution < -0.4 is 0 Å². The summed E-state index contributed by atoms with van der Waals surface area (Å²) < 4.78 is 37.0. The van der Waals surface area contributed by atoms with Gasteiger partial charge >= 0.3 is 12.1 Å². The molecule has 1 amide bonds. The predicted octanol–water partition coefficient (Wildman–Crippen LogP) is 1.89. The van der Waals surface area contributed by atoms with Crippen LogP contribution in [0.1, 0.15) is 12.8 Å². The summed E-state index contributed by atoms with van der Waals surface area (Å²) in [5.74, 6) is -1.88. The first-order valence-corrected chi connectivity index (χ1v) is 5.70. The molecule has 0 aromatic carbocycles. The van der Waals surface area contributed by atoms with Crippen molar-refractivity contribution in [3.05, 3.63) is 33.5 Å². The van der Waals surface area contributed by atoms with E-state index in [1.807, 2.05) is 0 Å². The molecule has 2 aliphatic rings. The Morgan fingerprint density at radius 2 is 2.16 bits per heavy atom. The summed E-state index contributed by atoms with van der Waals surface area (Å²) in [4.78, 5) is 21.9. The second-order valence-electron chi connectivity index (χ2n) is 4.55. The lowest BCUT2D eigenvalue weighted by Crippen LogP contribution is -2.46. The molecule has 0 aromatic heterocycles. The number of nitrogens with zero attached hydrogens (tertiary/aromatic N) is 2. The highest BCUT2D eigenvalue weighted by atomic mass is 19.4. The van der Waals surface area contributed by atoms with Crippen molar-refractivity contribution in [2.45, 2.75) is 19.0 Å². The van der Waals surface area contributed by atoms with Crippen LogP contribution in [0.3, 0.4) is 0 Å². The van der Waals surface area contributed by atoms with Crippen LogP contribution in [0, 0.1) is 16.0 Å². The Labute approximate surface area is 106 Å². The summed E-state index contributed by atoms with van der Waals surface area (Å²) in [6.07, 6.45) is -1.31. The Kier molecular flexibility index (Phi) is 3.34. The van der Waals surface area contributed by atoms with Gasteiger partial charge < -0.3 is 4.90 Å². The number of hydrogen-bond acceptors (Lipinski definition) is 3. The van der Waals surface area contributed by atoms with Crippen molar-refractivity contribution < 1.29 is 22.9 Å². The predicted molar refractivity (Wildman–Crippen MR) is 58.5 cm³/mol. The zero-order valence-corrected chi connectivity index (χ0v) is 9.81. The van der Waals surface area contributed by atoms with E-state index < -0.39 is 17.0 Å². The van der Waals surface area contributed by atoms with Gasteiger partial charge in [0.2, 0.25) is 0 Å². The molecular weight excluding hydrogens is 265 g/mol. The van der Waals surface area contributed by atoms with Gasteiger partial charge in [-0.25, -0.2) is 0 Å². The number of halogens is 3. The Morgan fingerprint density at radius 3 is 2.74 bits per heavy atom. The fourth-order valence-electron chi connectivity index (χ4n) is 2.35. The summed E-state index contributed by atoms with van der Waals surface area (Å²) in [5, 5.41) is 10.6. The van der Waals surface area contributed by atoms with Crippen LogP contribution in [0.5, 0.6) is 0 Å². The fourth-order valence-corrected chi connectivity index (χ4v) is 2.35. The number of likely N-dealkylation sites (tertiary alicyclic amines) is 1. The molecule has 1 heterocycles. The summed E-state index contributed by atoms with van der Waals surface area (Å²) in [5.41, 5.74) is 0.408. The third-order valence-corrected chi connectivity index (χ3v) is 3.33. The maximum Gasteiger partial charge on any atom is 0.471 e.